The van der Waals surface area contributed by atoms with Crippen molar-refractivity contribution in [1.82, 2.24) is 0 Å². The summed E-state index contributed by atoms with van der Waals surface area (Å²) in [7, 11) is 0. The highest BCUT2D eigenvalue weighted by molar-refractivity contribution is 5.77. The van der Waals surface area contributed by atoms with Gasteiger partial charge in [-0.1, -0.05) is 31.0 Å². The Labute approximate surface area is 130 Å². The second kappa shape index (κ2) is 7.50. The Kier molecular flexibility index (Phi) is 5.42. The van der Waals surface area contributed by atoms with Gasteiger partial charge in [-0.15, -0.1) is 0 Å². The van der Waals surface area contributed by atoms with Crippen LogP contribution in [0.15, 0.2) is 48.5 Å². The van der Waals surface area contributed by atoms with E-state index in [2.05, 4.69) is 5.32 Å². The van der Waals surface area contributed by atoms with Crippen LogP contribution in [0.2, 0.25) is 0 Å². The zero-order valence-corrected chi connectivity index (χ0v) is 12.9. The number of anilines is 1. The summed E-state index contributed by atoms with van der Waals surface area (Å²) in [6.07, 6.45) is 1.41. The van der Waals surface area contributed by atoms with Crippen LogP contribution < -0.4 is 10.1 Å². The van der Waals surface area contributed by atoms with Crippen LogP contribution in [0.5, 0.6) is 11.5 Å². The number of hydrogen-bond acceptors (Lipinski definition) is 3. The van der Waals surface area contributed by atoms with E-state index < -0.39 is 12.0 Å². The van der Waals surface area contributed by atoms with Crippen molar-refractivity contribution >= 4 is 11.7 Å². The van der Waals surface area contributed by atoms with Crippen LogP contribution in [-0.4, -0.2) is 17.1 Å². The maximum atomic E-state index is 11.1. The monoisotopic (exact) mass is 299 g/mol. The lowest BCUT2D eigenvalue weighted by Gasteiger charge is -2.15. The van der Waals surface area contributed by atoms with Crippen molar-refractivity contribution in [3.63, 3.8) is 0 Å². The van der Waals surface area contributed by atoms with Crippen molar-refractivity contribution in [2.24, 2.45) is 0 Å². The van der Waals surface area contributed by atoms with Gasteiger partial charge in [0.2, 0.25) is 0 Å². The zero-order chi connectivity index (χ0) is 15.9. The lowest BCUT2D eigenvalue weighted by Crippen LogP contribution is -2.28. The molecule has 2 rings (SSSR count). The van der Waals surface area contributed by atoms with E-state index in [1.807, 2.05) is 62.4 Å². The molecule has 0 aliphatic rings. The van der Waals surface area contributed by atoms with Gasteiger partial charge in [0, 0.05) is 5.69 Å². The number of nitrogens with one attached hydrogen (secondary N) is 1. The van der Waals surface area contributed by atoms with Crippen LogP contribution in [0.1, 0.15) is 25.3 Å². The number of carbonyl (C=O) groups is 1. The number of carboxylic acids is 1. The highest BCUT2D eigenvalue weighted by atomic mass is 16.5. The van der Waals surface area contributed by atoms with E-state index in [0.29, 0.717) is 6.42 Å². The summed E-state index contributed by atoms with van der Waals surface area (Å²) in [6.45, 7) is 4.00. The topological polar surface area (TPSA) is 58.6 Å². The molecular weight excluding hydrogens is 278 g/mol. The van der Waals surface area contributed by atoms with Crippen LogP contribution >= 0.6 is 0 Å². The number of aryl methyl sites for hydroxylation is 1. The highest BCUT2D eigenvalue weighted by Crippen LogP contribution is 2.23. The molecule has 0 aromatic heterocycles. The number of hydrogen-bond donors (Lipinski definition) is 2. The minimum atomic E-state index is -0.832. The Bertz CT molecular complexity index is 605. The van der Waals surface area contributed by atoms with Crippen molar-refractivity contribution in [3.8, 4) is 11.5 Å². The third-order valence-corrected chi connectivity index (χ3v) is 3.33. The van der Waals surface area contributed by atoms with E-state index in [0.717, 1.165) is 23.6 Å². The lowest BCUT2D eigenvalue weighted by molar-refractivity contribution is -0.138. The maximum absolute atomic E-state index is 11.1. The van der Waals surface area contributed by atoms with E-state index in [1.54, 1.807) is 0 Å². The lowest BCUT2D eigenvalue weighted by atomic mass is 10.1. The fourth-order valence-corrected chi connectivity index (χ4v) is 2.11. The first-order valence-corrected chi connectivity index (χ1v) is 7.42. The smallest absolute Gasteiger partial charge is 0.326 e. The molecule has 0 amide bonds. The van der Waals surface area contributed by atoms with Crippen molar-refractivity contribution < 1.29 is 14.6 Å². The van der Waals surface area contributed by atoms with Crippen molar-refractivity contribution in [2.75, 3.05) is 5.32 Å². The van der Waals surface area contributed by atoms with Gasteiger partial charge in [0.05, 0.1) is 0 Å². The van der Waals surface area contributed by atoms with Crippen LogP contribution in [0, 0.1) is 6.92 Å². The summed E-state index contributed by atoms with van der Waals surface area (Å²) >= 11 is 0. The molecule has 1 atom stereocenters. The molecule has 0 spiro atoms. The van der Waals surface area contributed by atoms with E-state index >= 15 is 0 Å². The van der Waals surface area contributed by atoms with Crippen molar-refractivity contribution in [3.05, 3.63) is 54.1 Å². The molecule has 0 aliphatic heterocycles. The molecule has 0 fully saturated rings. The van der Waals surface area contributed by atoms with Crippen LogP contribution in [0.4, 0.5) is 5.69 Å². The molecule has 4 nitrogen and oxygen atoms in total. The number of benzene rings is 2. The van der Waals surface area contributed by atoms with Gasteiger partial charge < -0.3 is 15.2 Å². The maximum Gasteiger partial charge on any atom is 0.326 e. The largest absolute Gasteiger partial charge is 0.480 e. The van der Waals surface area contributed by atoms with E-state index in [-0.39, 0.29) is 0 Å². The zero-order valence-electron chi connectivity index (χ0n) is 12.9. The van der Waals surface area contributed by atoms with Gasteiger partial charge in [-0.05, 0) is 49.7 Å². The van der Waals surface area contributed by atoms with E-state index in [1.165, 1.54) is 5.56 Å². The molecule has 2 aromatic rings. The fraction of sp³-hybridized carbons (Fsp3) is 0.278. The first-order chi connectivity index (χ1) is 10.6. The molecule has 4 heteroatoms. The first kappa shape index (κ1) is 15.9. The van der Waals surface area contributed by atoms with Gasteiger partial charge in [0.1, 0.15) is 17.5 Å². The summed E-state index contributed by atoms with van der Waals surface area (Å²) in [5.41, 5.74) is 1.96. The van der Waals surface area contributed by atoms with Crippen molar-refractivity contribution in [2.45, 2.75) is 32.7 Å². The quantitative estimate of drug-likeness (QED) is 0.793. The fourth-order valence-electron chi connectivity index (χ4n) is 2.11. The number of carboxylic acid groups (broad SMARTS) is 1. The van der Waals surface area contributed by atoms with Gasteiger partial charge in [-0.25, -0.2) is 4.79 Å². The Morgan fingerprint density at radius 3 is 2.14 bits per heavy atom. The second-order valence-electron chi connectivity index (χ2n) is 5.26. The average molecular weight is 299 g/mol. The van der Waals surface area contributed by atoms with Gasteiger partial charge in [-0.2, -0.15) is 0 Å². The molecule has 0 heterocycles. The summed E-state index contributed by atoms with van der Waals surface area (Å²) in [6, 6.07) is 14.6. The summed E-state index contributed by atoms with van der Waals surface area (Å²) in [5.74, 6) is 0.666. The summed E-state index contributed by atoms with van der Waals surface area (Å²) < 4.78 is 5.74. The predicted octanol–water partition coefficient (Wildman–Crippen LogP) is 4.45. The van der Waals surface area contributed by atoms with Crippen LogP contribution in [-0.2, 0) is 4.79 Å². The predicted molar refractivity (Wildman–Crippen MR) is 87.6 cm³/mol. The molecule has 0 unspecified atom stereocenters. The number of aliphatic carboxylic acids is 1. The van der Waals surface area contributed by atoms with E-state index in [4.69, 9.17) is 9.84 Å². The second-order valence-corrected chi connectivity index (χ2v) is 5.26. The number of rotatable bonds is 7. The SMILES string of the molecule is CCC[C@@H](Nc1ccc(Oc2ccc(C)cc2)cc1)C(=O)O. The minimum Gasteiger partial charge on any atom is -0.480 e. The Morgan fingerprint density at radius 1 is 1.09 bits per heavy atom. The first-order valence-electron chi connectivity index (χ1n) is 7.42. The molecule has 0 bridgehead atoms. The van der Waals surface area contributed by atoms with Gasteiger partial charge in [-0.3, -0.25) is 0 Å². The Balaban J connectivity index is 2.00. The third kappa shape index (κ3) is 4.52. The average Bonchev–Trinajstić information content (AvgIpc) is 2.51. The van der Waals surface area contributed by atoms with Gasteiger partial charge in [0.25, 0.3) is 0 Å². The van der Waals surface area contributed by atoms with Crippen LogP contribution in [0.25, 0.3) is 0 Å². The molecule has 116 valence electrons. The van der Waals surface area contributed by atoms with E-state index in [9.17, 15) is 4.79 Å². The molecule has 0 radical (unpaired) electrons. The molecule has 2 aromatic carbocycles. The summed E-state index contributed by atoms with van der Waals surface area (Å²) in [4.78, 5) is 11.1. The van der Waals surface area contributed by atoms with Crippen LogP contribution in [0.3, 0.4) is 0 Å². The van der Waals surface area contributed by atoms with Gasteiger partial charge >= 0.3 is 5.97 Å². The Morgan fingerprint density at radius 2 is 1.64 bits per heavy atom. The normalized spacial score (nSPS) is 11.7. The molecule has 2 N–H and O–H groups in total. The standard InChI is InChI=1S/C18H21NO3/c1-3-4-17(18(20)21)19-14-7-11-16(12-8-14)22-15-9-5-13(2)6-10-15/h5-12,17,19H,3-4H2,1-2H3,(H,20,21)/t17-/m1/s1. The summed E-state index contributed by atoms with van der Waals surface area (Å²) in [5, 5.41) is 12.2. The molecule has 22 heavy (non-hydrogen) atoms. The molecule has 0 aliphatic carbocycles. The number of ether oxygens (including phenoxy) is 1. The van der Waals surface area contributed by atoms with Crippen molar-refractivity contribution in [1.29, 1.82) is 0 Å². The minimum absolute atomic E-state index is 0.561. The Hall–Kier alpha value is -2.49. The van der Waals surface area contributed by atoms with Gasteiger partial charge in [0.15, 0.2) is 0 Å². The molecule has 0 saturated heterocycles. The third-order valence-electron chi connectivity index (χ3n) is 3.33. The molecular formula is C18H21NO3. The highest BCUT2D eigenvalue weighted by Gasteiger charge is 2.15. The molecule has 0 saturated carbocycles.